The van der Waals surface area contributed by atoms with Crippen LogP contribution in [-0.2, 0) is 21.4 Å². The van der Waals surface area contributed by atoms with Crippen molar-refractivity contribution in [2.24, 2.45) is 7.05 Å². The molecule has 3 saturated heterocycles. The third-order valence-electron chi connectivity index (χ3n) is 4.95. The van der Waals surface area contributed by atoms with Crippen molar-refractivity contribution in [3.05, 3.63) is 12.4 Å². The number of aromatic nitrogens is 2. The van der Waals surface area contributed by atoms with Crippen LogP contribution in [0.4, 0.5) is 5.69 Å². The molecule has 7 nitrogen and oxygen atoms in total. The lowest BCUT2D eigenvalue weighted by atomic mass is 10.1. The van der Waals surface area contributed by atoms with E-state index in [-0.39, 0.29) is 30.0 Å². The molecular weight excluding hydrogens is 284 g/mol. The third-order valence-corrected chi connectivity index (χ3v) is 4.95. The Morgan fingerprint density at radius 1 is 1.36 bits per heavy atom. The fourth-order valence-electron chi connectivity index (χ4n) is 3.95. The van der Waals surface area contributed by atoms with Gasteiger partial charge < -0.3 is 14.5 Å². The number of anilines is 1. The van der Waals surface area contributed by atoms with Crippen molar-refractivity contribution in [3.63, 3.8) is 0 Å². The number of amides is 2. The lowest BCUT2D eigenvalue weighted by molar-refractivity contribution is -0.141. The molecule has 0 saturated carbocycles. The number of hydrogen-bond acceptors (Lipinski definition) is 4. The Kier molecular flexibility index (Phi) is 3.18. The Labute approximate surface area is 128 Å². The van der Waals surface area contributed by atoms with Crippen molar-refractivity contribution in [2.45, 2.75) is 43.9 Å². The zero-order chi connectivity index (χ0) is 15.3. The van der Waals surface area contributed by atoms with Crippen molar-refractivity contribution < 1.29 is 14.3 Å². The number of carbonyl (C=O) groups excluding carboxylic acids is 2. The first-order chi connectivity index (χ1) is 10.6. The minimum atomic E-state index is -0.304. The number of hydrogen-bond donors (Lipinski definition) is 0. The van der Waals surface area contributed by atoms with E-state index in [2.05, 4.69) is 5.10 Å². The SMILES string of the molecule is Cn1cc(N2C(=O)C[C@H]3[C@H]2CCN3C(=O)[C@@H]2CCCO2)cn1. The van der Waals surface area contributed by atoms with Crippen molar-refractivity contribution in [2.75, 3.05) is 18.1 Å². The van der Waals surface area contributed by atoms with Crippen LogP contribution in [0.1, 0.15) is 25.7 Å². The monoisotopic (exact) mass is 304 g/mol. The largest absolute Gasteiger partial charge is 0.368 e. The Balaban J connectivity index is 1.55. The summed E-state index contributed by atoms with van der Waals surface area (Å²) in [6, 6.07) is 0.0476. The Hall–Kier alpha value is -1.89. The molecule has 22 heavy (non-hydrogen) atoms. The summed E-state index contributed by atoms with van der Waals surface area (Å²) >= 11 is 0. The topological polar surface area (TPSA) is 67.7 Å². The number of nitrogens with zero attached hydrogens (tertiary/aromatic N) is 4. The van der Waals surface area contributed by atoms with Crippen LogP contribution in [0.15, 0.2) is 12.4 Å². The van der Waals surface area contributed by atoms with Gasteiger partial charge in [0, 0.05) is 32.8 Å². The van der Waals surface area contributed by atoms with Crippen molar-refractivity contribution in [1.29, 1.82) is 0 Å². The predicted octanol–water partition coefficient (Wildman–Crippen LogP) is 0.305. The molecule has 0 aliphatic carbocycles. The maximum atomic E-state index is 12.6. The smallest absolute Gasteiger partial charge is 0.252 e. The highest BCUT2D eigenvalue weighted by molar-refractivity contribution is 5.98. The van der Waals surface area contributed by atoms with Crippen LogP contribution in [0, 0.1) is 0 Å². The zero-order valence-corrected chi connectivity index (χ0v) is 12.6. The Morgan fingerprint density at radius 2 is 2.23 bits per heavy atom. The second-order valence-corrected chi connectivity index (χ2v) is 6.30. The van der Waals surface area contributed by atoms with Gasteiger partial charge in [0.25, 0.3) is 5.91 Å². The lowest BCUT2D eigenvalue weighted by Gasteiger charge is -2.26. The predicted molar refractivity (Wildman–Crippen MR) is 78.2 cm³/mol. The first kappa shape index (κ1) is 13.8. The van der Waals surface area contributed by atoms with Crippen LogP contribution >= 0.6 is 0 Å². The zero-order valence-electron chi connectivity index (χ0n) is 12.6. The van der Waals surface area contributed by atoms with Gasteiger partial charge in [-0.2, -0.15) is 5.10 Å². The van der Waals surface area contributed by atoms with E-state index in [9.17, 15) is 9.59 Å². The second kappa shape index (κ2) is 5.08. The number of fused-ring (bicyclic) bond motifs is 1. The first-order valence-corrected chi connectivity index (χ1v) is 7.88. The maximum Gasteiger partial charge on any atom is 0.252 e. The molecule has 3 fully saturated rings. The summed E-state index contributed by atoms with van der Waals surface area (Å²) in [6.07, 6.45) is 6.23. The molecule has 0 radical (unpaired) electrons. The molecule has 0 spiro atoms. The Bertz CT molecular complexity index is 608. The van der Waals surface area contributed by atoms with Gasteiger partial charge in [-0.15, -0.1) is 0 Å². The standard InChI is InChI=1S/C15H20N4O3/c1-17-9-10(8-16-17)19-11-4-5-18(12(11)7-14(19)20)15(21)13-3-2-6-22-13/h8-9,11-13H,2-7H2,1H3/t11-,12+,13+/m1/s1. The molecular formula is C15H20N4O3. The van der Waals surface area contributed by atoms with Crippen molar-refractivity contribution in [1.82, 2.24) is 14.7 Å². The van der Waals surface area contributed by atoms with Gasteiger partial charge in [0.05, 0.1) is 24.0 Å². The average Bonchev–Trinajstić information content (AvgIpc) is 3.22. The molecule has 3 atom stereocenters. The molecule has 118 valence electrons. The number of rotatable bonds is 2. The van der Waals surface area contributed by atoms with E-state index in [0.717, 1.165) is 24.9 Å². The summed E-state index contributed by atoms with van der Waals surface area (Å²) in [5, 5.41) is 4.15. The summed E-state index contributed by atoms with van der Waals surface area (Å²) in [5.41, 5.74) is 0.825. The quantitative estimate of drug-likeness (QED) is 0.788. The highest BCUT2D eigenvalue weighted by Gasteiger charge is 2.50. The number of likely N-dealkylation sites (tertiary alicyclic amines) is 1. The molecule has 0 bridgehead atoms. The fourth-order valence-corrected chi connectivity index (χ4v) is 3.95. The average molecular weight is 304 g/mol. The molecule has 4 rings (SSSR count). The summed E-state index contributed by atoms with van der Waals surface area (Å²) in [6.45, 7) is 1.37. The van der Waals surface area contributed by atoms with E-state index < -0.39 is 0 Å². The molecule has 0 N–H and O–H groups in total. The highest BCUT2D eigenvalue weighted by Crippen LogP contribution is 2.36. The van der Waals surface area contributed by atoms with Crippen LogP contribution in [0.5, 0.6) is 0 Å². The molecule has 1 aromatic rings. The van der Waals surface area contributed by atoms with E-state index in [1.165, 1.54) is 0 Å². The third kappa shape index (κ3) is 2.03. The molecule has 1 aromatic heterocycles. The summed E-state index contributed by atoms with van der Waals surface area (Å²) < 4.78 is 7.21. The Morgan fingerprint density at radius 3 is 2.91 bits per heavy atom. The van der Waals surface area contributed by atoms with E-state index in [4.69, 9.17) is 4.74 Å². The molecule has 0 unspecified atom stereocenters. The van der Waals surface area contributed by atoms with Gasteiger partial charge in [-0.3, -0.25) is 14.3 Å². The van der Waals surface area contributed by atoms with Crippen LogP contribution in [0.2, 0.25) is 0 Å². The van der Waals surface area contributed by atoms with E-state index >= 15 is 0 Å². The first-order valence-electron chi connectivity index (χ1n) is 7.88. The number of aryl methyl sites for hydroxylation is 1. The molecule has 2 amide bonds. The minimum Gasteiger partial charge on any atom is -0.368 e. The highest BCUT2D eigenvalue weighted by atomic mass is 16.5. The van der Waals surface area contributed by atoms with Crippen LogP contribution in [0.25, 0.3) is 0 Å². The van der Waals surface area contributed by atoms with Crippen LogP contribution in [0.3, 0.4) is 0 Å². The van der Waals surface area contributed by atoms with Gasteiger partial charge in [-0.25, -0.2) is 0 Å². The molecule has 3 aliphatic rings. The normalized spacial score (nSPS) is 31.1. The summed E-state index contributed by atoms with van der Waals surface area (Å²) in [4.78, 5) is 28.7. The van der Waals surface area contributed by atoms with Gasteiger partial charge in [0.2, 0.25) is 5.91 Å². The van der Waals surface area contributed by atoms with Gasteiger partial charge in [0.1, 0.15) is 6.10 Å². The second-order valence-electron chi connectivity index (χ2n) is 6.30. The molecule has 0 aromatic carbocycles. The number of ether oxygens (including phenoxy) is 1. The van der Waals surface area contributed by atoms with Crippen molar-refractivity contribution >= 4 is 17.5 Å². The molecule has 4 heterocycles. The molecule has 3 aliphatic heterocycles. The number of carbonyl (C=O) groups is 2. The summed E-state index contributed by atoms with van der Waals surface area (Å²) in [5.74, 6) is 0.138. The van der Waals surface area contributed by atoms with Crippen LogP contribution < -0.4 is 4.90 Å². The minimum absolute atomic E-state index is 0.0237. The van der Waals surface area contributed by atoms with Gasteiger partial charge in [0.15, 0.2) is 0 Å². The van der Waals surface area contributed by atoms with Crippen molar-refractivity contribution in [3.8, 4) is 0 Å². The van der Waals surface area contributed by atoms with Crippen LogP contribution in [-0.4, -0.2) is 57.8 Å². The van der Waals surface area contributed by atoms with Gasteiger partial charge >= 0.3 is 0 Å². The maximum absolute atomic E-state index is 12.6. The lowest BCUT2D eigenvalue weighted by Crippen LogP contribution is -2.44. The van der Waals surface area contributed by atoms with E-state index in [1.807, 2.05) is 23.0 Å². The molecule has 7 heteroatoms. The fraction of sp³-hybridized carbons (Fsp3) is 0.667. The summed E-state index contributed by atoms with van der Waals surface area (Å²) in [7, 11) is 1.84. The van der Waals surface area contributed by atoms with E-state index in [1.54, 1.807) is 10.9 Å². The van der Waals surface area contributed by atoms with Gasteiger partial charge in [-0.05, 0) is 19.3 Å². The van der Waals surface area contributed by atoms with Gasteiger partial charge in [-0.1, -0.05) is 0 Å². The van der Waals surface area contributed by atoms with E-state index in [0.29, 0.717) is 19.6 Å².